The summed E-state index contributed by atoms with van der Waals surface area (Å²) >= 11 is 3.31. The van der Waals surface area contributed by atoms with E-state index in [9.17, 15) is 4.39 Å². The van der Waals surface area contributed by atoms with Crippen molar-refractivity contribution >= 4 is 32.5 Å². The molecule has 0 saturated carbocycles. The van der Waals surface area contributed by atoms with E-state index in [0.29, 0.717) is 6.54 Å². The third kappa shape index (κ3) is 2.36. The van der Waals surface area contributed by atoms with Gasteiger partial charge in [-0.05, 0) is 35.9 Å². The van der Waals surface area contributed by atoms with Gasteiger partial charge in [-0.3, -0.25) is 0 Å². The Morgan fingerprint density at radius 1 is 1.16 bits per heavy atom. The second kappa shape index (κ2) is 4.70. The molecule has 2 nitrogen and oxygen atoms in total. The first kappa shape index (κ1) is 12.2. The maximum Gasteiger partial charge on any atom is 0.124 e. The van der Waals surface area contributed by atoms with E-state index in [0.717, 1.165) is 26.6 Å². The van der Waals surface area contributed by atoms with Crippen LogP contribution in [0.15, 0.2) is 53.1 Å². The van der Waals surface area contributed by atoms with Crippen molar-refractivity contribution in [2.45, 2.75) is 6.54 Å². The van der Waals surface area contributed by atoms with Crippen molar-refractivity contribution in [3.8, 4) is 0 Å². The molecule has 0 radical (unpaired) electrons. The zero-order valence-electron chi connectivity index (χ0n) is 10.1. The first-order chi connectivity index (χ1) is 9.13. The van der Waals surface area contributed by atoms with Crippen LogP contribution in [0.2, 0.25) is 0 Å². The first-order valence-corrected chi connectivity index (χ1v) is 6.71. The Morgan fingerprint density at radius 2 is 2.00 bits per heavy atom. The molecule has 96 valence electrons. The van der Waals surface area contributed by atoms with Gasteiger partial charge < -0.3 is 10.3 Å². The Hall–Kier alpha value is -1.81. The van der Waals surface area contributed by atoms with Gasteiger partial charge in [-0.1, -0.05) is 28.1 Å². The summed E-state index contributed by atoms with van der Waals surface area (Å²) in [6.45, 7) is 0.591. The summed E-state index contributed by atoms with van der Waals surface area (Å²) in [5.41, 5.74) is 8.63. The molecule has 0 spiro atoms. The average molecular weight is 319 g/mol. The molecule has 0 aliphatic heterocycles. The van der Waals surface area contributed by atoms with Gasteiger partial charge in [0.25, 0.3) is 0 Å². The lowest BCUT2D eigenvalue weighted by molar-refractivity contribution is 0.623. The monoisotopic (exact) mass is 318 g/mol. The Labute approximate surface area is 118 Å². The second-order valence-corrected chi connectivity index (χ2v) is 5.42. The molecule has 3 rings (SSSR count). The standard InChI is InChI=1S/C15H12BrFN2/c16-12-6-10(7-13(17)8-12)9-19-5-4-11-2-1-3-14(18)15(11)19/h1-8H,9,18H2. The molecule has 0 fully saturated rings. The molecule has 2 aromatic carbocycles. The van der Waals surface area contributed by atoms with Crippen LogP contribution in [0.3, 0.4) is 0 Å². The fourth-order valence-electron chi connectivity index (χ4n) is 2.32. The number of hydrogen-bond acceptors (Lipinski definition) is 1. The Bertz CT molecular complexity index is 729. The van der Waals surface area contributed by atoms with Gasteiger partial charge in [0.1, 0.15) is 5.82 Å². The van der Waals surface area contributed by atoms with Gasteiger partial charge in [0, 0.05) is 22.6 Å². The number of para-hydroxylation sites is 1. The molecular weight excluding hydrogens is 307 g/mol. The number of aromatic nitrogens is 1. The molecule has 19 heavy (non-hydrogen) atoms. The molecular formula is C15H12BrFN2. The van der Waals surface area contributed by atoms with Crippen LogP contribution in [0.5, 0.6) is 0 Å². The molecule has 0 bridgehead atoms. The van der Waals surface area contributed by atoms with Gasteiger partial charge in [-0.15, -0.1) is 0 Å². The summed E-state index contributed by atoms with van der Waals surface area (Å²) in [6.07, 6.45) is 1.97. The van der Waals surface area contributed by atoms with Crippen molar-refractivity contribution in [3.05, 3.63) is 64.5 Å². The number of nitrogens with zero attached hydrogens (tertiary/aromatic N) is 1. The highest BCUT2D eigenvalue weighted by Gasteiger charge is 2.06. The van der Waals surface area contributed by atoms with E-state index >= 15 is 0 Å². The Morgan fingerprint density at radius 3 is 2.79 bits per heavy atom. The summed E-state index contributed by atoms with van der Waals surface area (Å²) in [5, 5.41) is 1.09. The number of halogens is 2. The van der Waals surface area contributed by atoms with E-state index in [4.69, 9.17) is 5.73 Å². The van der Waals surface area contributed by atoms with E-state index in [2.05, 4.69) is 15.9 Å². The van der Waals surface area contributed by atoms with Gasteiger partial charge in [0.05, 0.1) is 11.2 Å². The molecule has 0 saturated heterocycles. The van der Waals surface area contributed by atoms with Crippen LogP contribution >= 0.6 is 15.9 Å². The molecule has 0 amide bonds. The molecule has 3 aromatic rings. The SMILES string of the molecule is Nc1cccc2ccn(Cc3cc(F)cc(Br)c3)c12. The van der Waals surface area contributed by atoms with Gasteiger partial charge in [0.2, 0.25) is 0 Å². The van der Waals surface area contributed by atoms with Crippen LogP contribution in [0.25, 0.3) is 10.9 Å². The normalized spacial score (nSPS) is 11.1. The van der Waals surface area contributed by atoms with E-state index in [1.807, 2.05) is 41.1 Å². The molecule has 1 aromatic heterocycles. The molecule has 0 aliphatic carbocycles. The van der Waals surface area contributed by atoms with Crippen LogP contribution in [0.4, 0.5) is 10.1 Å². The van der Waals surface area contributed by atoms with Crippen LogP contribution in [0.1, 0.15) is 5.56 Å². The zero-order valence-corrected chi connectivity index (χ0v) is 11.7. The van der Waals surface area contributed by atoms with Crippen molar-refractivity contribution in [1.82, 2.24) is 4.57 Å². The van der Waals surface area contributed by atoms with Crippen molar-refractivity contribution in [3.63, 3.8) is 0 Å². The zero-order chi connectivity index (χ0) is 13.4. The van der Waals surface area contributed by atoms with Crippen molar-refractivity contribution < 1.29 is 4.39 Å². The smallest absolute Gasteiger partial charge is 0.124 e. The van der Waals surface area contributed by atoms with E-state index in [-0.39, 0.29) is 5.82 Å². The lowest BCUT2D eigenvalue weighted by Crippen LogP contribution is -2.00. The number of rotatable bonds is 2. The van der Waals surface area contributed by atoms with E-state index in [1.165, 1.54) is 12.1 Å². The first-order valence-electron chi connectivity index (χ1n) is 5.92. The fourth-order valence-corrected chi connectivity index (χ4v) is 2.83. The fraction of sp³-hybridized carbons (Fsp3) is 0.0667. The summed E-state index contributed by atoms with van der Waals surface area (Å²) in [6, 6.07) is 12.7. The molecule has 2 N–H and O–H groups in total. The highest BCUT2D eigenvalue weighted by molar-refractivity contribution is 9.10. The number of fused-ring (bicyclic) bond motifs is 1. The van der Waals surface area contributed by atoms with Crippen LogP contribution < -0.4 is 5.73 Å². The quantitative estimate of drug-likeness (QED) is 0.706. The van der Waals surface area contributed by atoms with Crippen molar-refractivity contribution in [2.75, 3.05) is 5.73 Å². The van der Waals surface area contributed by atoms with Crippen molar-refractivity contribution in [2.24, 2.45) is 0 Å². The Balaban J connectivity index is 2.06. The predicted molar refractivity (Wildman–Crippen MR) is 79.6 cm³/mol. The minimum atomic E-state index is -0.242. The topological polar surface area (TPSA) is 30.9 Å². The third-order valence-corrected chi connectivity index (χ3v) is 3.55. The number of nitrogen functional groups attached to an aromatic ring is 1. The van der Waals surface area contributed by atoms with Crippen LogP contribution in [-0.2, 0) is 6.54 Å². The predicted octanol–water partition coefficient (Wildman–Crippen LogP) is 4.17. The minimum Gasteiger partial charge on any atom is -0.397 e. The lowest BCUT2D eigenvalue weighted by atomic mass is 10.2. The second-order valence-electron chi connectivity index (χ2n) is 4.51. The summed E-state index contributed by atoms with van der Waals surface area (Å²) in [4.78, 5) is 0. The lowest BCUT2D eigenvalue weighted by Gasteiger charge is -2.08. The highest BCUT2D eigenvalue weighted by Crippen LogP contribution is 2.24. The van der Waals surface area contributed by atoms with E-state index < -0.39 is 0 Å². The maximum atomic E-state index is 13.4. The van der Waals surface area contributed by atoms with Crippen molar-refractivity contribution in [1.29, 1.82) is 0 Å². The average Bonchev–Trinajstić information content (AvgIpc) is 2.72. The van der Waals surface area contributed by atoms with Crippen LogP contribution in [0, 0.1) is 5.82 Å². The largest absolute Gasteiger partial charge is 0.397 e. The molecule has 0 atom stereocenters. The van der Waals surface area contributed by atoms with Gasteiger partial charge in [0.15, 0.2) is 0 Å². The van der Waals surface area contributed by atoms with E-state index in [1.54, 1.807) is 0 Å². The summed E-state index contributed by atoms with van der Waals surface area (Å²) in [5.74, 6) is -0.242. The maximum absolute atomic E-state index is 13.4. The number of hydrogen-bond donors (Lipinski definition) is 1. The molecule has 4 heteroatoms. The highest BCUT2D eigenvalue weighted by atomic mass is 79.9. The number of anilines is 1. The third-order valence-electron chi connectivity index (χ3n) is 3.09. The number of nitrogens with two attached hydrogens (primary N) is 1. The van der Waals surface area contributed by atoms with Crippen LogP contribution in [-0.4, -0.2) is 4.57 Å². The summed E-state index contributed by atoms with van der Waals surface area (Å²) in [7, 11) is 0. The van der Waals surface area contributed by atoms with Gasteiger partial charge in [-0.2, -0.15) is 0 Å². The summed E-state index contributed by atoms with van der Waals surface area (Å²) < 4.78 is 16.2. The van der Waals surface area contributed by atoms with Gasteiger partial charge in [-0.25, -0.2) is 4.39 Å². The molecule has 0 unspecified atom stereocenters. The van der Waals surface area contributed by atoms with Gasteiger partial charge >= 0.3 is 0 Å². The molecule has 0 aliphatic rings. The number of benzene rings is 2. The molecule has 1 heterocycles. The minimum absolute atomic E-state index is 0.242. The Kier molecular flexibility index (Phi) is 3.03.